The third kappa shape index (κ3) is 7.69. The molecule has 0 saturated carbocycles. The van der Waals surface area contributed by atoms with Gasteiger partial charge in [-0.1, -0.05) is 32.0 Å². The summed E-state index contributed by atoms with van der Waals surface area (Å²) in [6, 6.07) is 7.36. The van der Waals surface area contributed by atoms with Gasteiger partial charge in [-0.2, -0.15) is 0 Å². The molecule has 7 nitrogen and oxygen atoms in total. The second-order valence-electron chi connectivity index (χ2n) is 6.10. The van der Waals surface area contributed by atoms with Crippen LogP contribution in [0.2, 0.25) is 0 Å². The smallest absolute Gasteiger partial charge is 0.328 e. The Morgan fingerprint density at radius 3 is 2.24 bits per heavy atom. The van der Waals surface area contributed by atoms with Crippen molar-refractivity contribution in [1.29, 1.82) is 0 Å². The molecule has 1 aromatic carbocycles. The summed E-state index contributed by atoms with van der Waals surface area (Å²) >= 11 is 0. The van der Waals surface area contributed by atoms with Crippen LogP contribution in [-0.4, -0.2) is 43.6 Å². The van der Waals surface area contributed by atoms with Crippen molar-refractivity contribution in [3.05, 3.63) is 30.3 Å². The van der Waals surface area contributed by atoms with Crippen LogP contribution in [-0.2, 0) is 19.1 Å². The van der Waals surface area contributed by atoms with E-state index >= 15 is 0 Å². The van der Waals surface area contributed by atoms with Gasteiger partial charge in [-0.15, -0.1) is 0 Å². The monoisotopic (exact) mass is 350 g/mol. The first kappa shape index (κ1) is 20.5. The molecule has 0 spiro atoms. The molecule has 0 heterocycles. The molecule has 0 aromatic heterocycles. The Morgan fingerprint density at radius 1 is 1.04 bits per heavy atom. The van der Waals surface area contributed by atoms with Gasteiger partial charge < -0.3 is 20.1 Å². The predicted molar refractivity (Wildman–Crippen MR) is 92.9 cm³/mol. The Kier molecular flexibility index (Phi) is 8.46. The molecule has 0 unspecified atom stereocenters. The molecule has 0 saturated heterocycles. The molecule has 138 valence electrons. The SMILES string of the molecule is COC(=O)[C@@H](CC(C)C)NC(=O)[C@@H](C)NC(=O)COc1ccccc1. The van der Waals surface area contributed by atoms with Crippen molar-refractivity contribution in [2.24, 2.45) is 5.92 Å². The van der Waals surface area contributed by atoms with Crippen LogP contribution in [0.3, 0.4) is 0 Å². The van der Waals surface area contributed by atoms with Crippen LogP contribution < -0.4 is 15.4 Å². The molecule has 0 fully saturated rings. The summed E-state index contributed by atoms with van der Waals surface area (Å²) < 4.78 is 10.0. The van der Waals surface area contributed by atoms with Crippen LogP contribution in [0, 0.1) is 5.92 Å². The first-order valence-corrected chi connectivity index (χ1v) is 8.19. The van der Waals surface area contributed by atoms with Gasteiger partial charge in [-0.25, -0.2) is 4.79 Å². The van der Waals surface area contributed by atoms with Crippen LogP contribution in [0.5, 0.6) is 5.75 Å². The van der Waals surface area contributed by atoms with E-state index in [0.29, 0.717) is 12.2 Å². The van der Waals surface area contributed by atoms with Crippen molar-refractivity contribution in [1.82, 2.24) is 10.6 Å². The summed E-state index contributed by atoms with van der Waals surface area (Å²) in [5, 5.41) is 5.15. The summed E-state index contributed by atoms with van der Waals surface area (Å²) in [5.41, 5.74) is 0. The third-order valence-corrected chi connectivity index (χ3v) is 3.39. The third-order valence-electron chi connectivity index (χ3n) is 3.39. The van der Waals surface area contributed by atoms with Crippen molar-refractivity contribution >= 4 is 17.8 Å². The van der Waals surface area contributed by atoms with E-state index in [9.17, 15) is 14.4 Å². The minimum atomic E-state index is -0.800. The van der Waals surface area contributed by atoms with Gasteiger partial charge in [-0.3, -0.25) is 9.59 Å². The standard InChI is InChI=1S/C18H26N2O5/c1-12(2)10-15(18(23)24-4)20-17(22)13(3)19-16(21)11-25-14-8-6-5-7-9-14/h5-9,12-13,15H,10-11H2,1-4H3,(H,19,21)(H,20,22)/t13-,15-/m1/s1. The van der Waals surface area contributed by atoms with Gasteiger partial charge in [-0.05, 0) is 31.4 Å². The zero-order valence-electron chi connectivity index (χ0n) is 15.1. The normalized spacial score (nSPS) is 12.8. The summed E-state index contributed by atoms with van der Waals surface area (Å²) in [5.74, 6) is -0.618. The predicted octanol–water partition coefficient (Wildman–Crippen LogP) is 1.27. The quantitative estimate of drug-likeness (QED) is 0.654. The molecule has 2 amide bonds. The molecule has 0 aliphatic rings. The zero-order valence-corrected chi connectivity index (χ0v) is 15.1. The number of ether oxygens (including phenoxy) is 2. The number of rotatable bonds is 9. The van der Waals surface area contributed by atoms with Gasteiger partial charge >= 0.3 is 5.97 Å². The van der Waals surface area contributed by atoms with Gasteiger partial charge in [0.15, 0.2) is 6.61 Å². The summed E-state index contributed by atoms with van der Waals surface area (Å²) in [6.45, 7) is 5.22. The molecular formula is C18H26N2O5. The highest BCUT2D eigenvalue weighted by Gasteiger charge is 2.25. The van der Waals surface area contributed by atoms with Gasteiger partial charge in [0.25, 0.3) is 5.91 Å². The number of hydrogen-bond donors (Lipinski definition) is 2. The molecule has 1 rings (SSSR count). The summed E-state index contributed by atoms with van der Waals surface area (Å²) in [7, 11) is 1.27. The second kappa shape index (κ2) is 10.3. The van der Waals surface area contributed by atoms with Crippen LogP contribution in [0.15, 0.2) is 30.3 Å². The van der Waals surface area contributed by atoms with E-state index in [-0.39, 0.29) is 12.5 Å². The van der Waals surface area contributed by atoms with E-state index in [1.807, 2.05) is 19.9 Å². The van der Waals surface area contributed by atoms with Crippen LogP contribution in [0.4, 0.5) is 0 Å². The van der Waals surface area contributed by atoms with Crippen molar-refractivity contribution in [3.8, 4) is 5.75 Å². The highest BCUT2D eigenvalue weighted by atomic mass is 16.5. The molecule has 0 radical (unpaired) electrons. The van der Waals surface area contributed by atoms with E-state index < -0.39 is 29.9 Å². The van der Waals surface area contributed by atoms with E-state index in [2.05, 4.69) is 10.6 Å². The molecule has 0 bridgehead atoms. The lowest BCUT2D eigenvalue weighted by Gasteiger charge is -2.21. The molecule has 0 aliphatic carbocycles. The molecule has 1 aromatic rings. The highest BCUT2D eigenvalue weighted by molar-refractivity contribution is 5.90. The number of carbonyl (C=O) groups is 3. The second-order valence-corrected chi connectivity index (χ2v) is 6.10. The van der Waals surface area contributed by atoms with Crippen LogP contribution in [0.25, 0.3) is 0 Å². The Bertz CT molecular complexity index is 574. The van der Waals surface area contributed by atoms with Gasteiger partial charge in [0.1, 0.15) is 17.8 Å². The number of benzene rings is 1. The number of carbonyl (C=O) groups excluding carboxylic acids is 3. The Morgan fingerprint density at radius 2 is 1.68 bits per heavy atom. The Balaban J connectivity index is 2.48. The average Bonchev–Trinajstić information content (AvgIpc) is 2.59. The lowest BCUT2D eigenvalue weighted by atomic mass is 10.0. The van der Waals surface area contributed by atoms with Crippen molar-refractivity contribution < 1.29 is 23.9 Å². The average molecular weight is 350 g/mol. The number of nitrogens with one attached hydrogen (secondary N) is 2. The fraction of sp³-hybridized carbons (Fsp3) is 0.500. The Labute approximate surface area is 148 Å². The number of methoxy groups -OCH3 is 1. The summed E-state index contributed by atoms with van der Waals surface area (Å²) in [6.07, 6.45) is 0.455. The van der Waals surface area contributed by atoms with E-state index in [4.69, 9.17) is 9.47 Å². The van der Waals surface area contributed by atoms with Crippen molar-refractivity contribution in [3.63, 3.8) is 0 Å². The number of hydrogen-bond acceptors (Lipinski definition) is 5. The van der Waals surface area contributed by atoms with Gasteiger partial charge in [0, 0.05) is 0 Å². The maximum atomic E-state index is 12.2. The largest absolute Gasteiger partial charge is 0.484 e. The number of amides is 2. The molecule has 7 heteroatoms. The number of para-hydroxylation sites is 1. The molecular weight excluding hydrogens is 324 g/mol. The molecule has 25 heavy (non-hydrogen) atoms. The van der Waals surface area contributed by atoms with Crippen LogP contribution >= 0.6 is 0 Å². The summed E-state index contributed by atoms with van der Waals surface area (Å²) in [4.78, 5) is 35.8. The maximum Gasteiger partial charge on any atom is 0.328 e. The minimum absolute atomic E-state index is 0.200. The van der Waals surface area contributed by atoms with E-state index in [0.717, 1.165) is 0 Å². The molecule has 2 atom stereocenters. The molecule has 0 aliphatic heterocycles. The minimum Gasteiger partial charge on any atom is -0.484 e. The van der Waals surface area contributed by atoms with Crippen molar-refractivity contribution in [2.45, 2.75) is 39.3 Å². The van der Waals surface area contributed by atoms with Crippen molar-refractivity contribution in [2.75, 3.05) is 13.7 Å². The fourth-order valence-electron chi connectivity index (χ4n) is 2.14. The zero-order chi connectivity index (χ0) is 18.8. The van der Waals surface area contributed by atoms with Gasteiger partial charge in [0.05, 0.1) is 7.11 Å². The number of esters is 1. The maximum absolute atomic E-state index is 12.2. The molecule has 2 N–H and O–H groups in total. The lowest BCUT2D eigenvalue weighted by Crippen LogP contribution is -2.51. The van der Waals surface area contributed by atoms with E-state index in [1.165, 1.54) is 7.11 Å². The topological polar surface area (TPSA) is 93.7 Å². The highest BCUT2D eigenvalue weighted by Crippen LogP contribution is 2.08. The van der Waals surface area contributed by atoms with Crippen LogP contribution in [0.1, 0.15) is 27.2 Å². The fourth-order valence-corrected chi connectivity index (χ4v) is 2.14. The first-order chi connectivity index (χ1) is 11.8. The lowest BCUT2D eigenvalue weighted by molar-refractivity contribution is -0.145. The first-order valence-electron chi connectivity index (χ1n) is 8.19. The van der Waals surface area contributed by atoms with Gasteiger partial charge in [0.2, 0.25) is 5.91 Å². The Hall–Kier alpha value is -2.57. The van der Waals surface area contributed by atoms with E-state index in [1.54, 1.807) is 31.2 Å².